The molecule has 0 atom stereocenters. The van der Waals surface area contributed by atoms with Gasteiger partial charge in [-0.2, -0.15) is 0 Å². The Labute approximate surface area is 124 Å². The van der Waals surface area contributed by atoms with Crippen molar-refractivity contribution < 1.29 is 4.79 Å². The number of benzene rings is 1. The van der Waals surface area contributed by atoms with Gasteiger partial charge in [0.1, 0.15) is 5.82 Å². The molecule has 4 N–H and O–H groups in total. The maximum absolute atomic E-state index is 11.2. The van der Waals surface area contributed by atoms with Gasteiger partial charge in [-0.3, -0.25) is 9.69 Å². The van der Waals surface area contributed by atoms with Crippen LogP contribution in [0.5, 0.6) is 0 Å². The highest BCUT2D eigenvalue weighted by Gasteiger charge is 2.11. The molecular formula is C15H21N5O. The van der Waals surface area contributed by atoms with Crippen LogP contribution in [0.3, 0.4) is 0 Å². The highest BCUT2D eigenvalue weighted by atomic mass is 16.1. The smallest absolute Gasteiger partial charge is 0.231 e. The second-order valence-electron chi connectivity index (χ2n) is 5.12. The number of amides is 1. The number of nitrogen functional groups attached to an aromatic ring is 1. The van der Waals surface area contributed by atoms with Gasteiger partial charge in [0.15, 0.2) is 0 Å². The lowest BCUT2D eigenvalue weighted by Crippen LogP contribution is -2.35. The van der Waals surface area contributed by atoms with Gasteiger partial charge in [0.2, 0.25) is 5.91 Å². The van der Waals surface area contributed by atoms with Gasteiger partial charge in [-0.1, -0.05) is 12.1 Å². The Kier molecular flexibility index (Phi) is 4.94. The molecule has 0 aliphatic rings. The third-order valence-corrected chi connectivity index (χ3v) is 3.34. The second-order valence-corrected chi connectivity index (χ2v) is 5.12. The standard InChI is InChI=1S/C15H21N5O/c1-19-9-7-18-15(19)6-8-20(11-14(17)21)10-12-2-4-13(16)5-3-12/h2-5,7,9H,6,8,10-11,16H2,1H3,(H2,17,21). The molecule has 0 aliphatic heterocycles. The van der Waals surface area contributed by atoms with Crippen LogP contribution in [-0.2, 0) is 24.8 Å². The predicted octanol–water partition coefficient (Wildman–Crippen LogP) is 0.532. The van der Waals surface area contributed by atoms with Gasteiger partial charge in [-0.05, 0) is 17.7 Å². The Balaban J connectivity index is 1.98. The van der Waals surface area contributed by atoms with Crippen molar-refractivity contribution in [1.82, 2.24) is 14.5 Å². The van der Waals surface area contributed by atoms with Crippen LogP contribution in [0, 0.1) is 0 Å². The number of nitrogens with zero attached hydrogens (tertiary/aromatic N) is 3. The molecular weight excluding hydrogens is 266 g/mol. The first-order valence-corrected chi connectivity index (χ1v) is 6.86. The topological polar surface area (TPSA) is 90.2 Å². The molecule has 112 valence electrons. The molecule has 0 fully saturated rings. The number of aryl methyl sites for hydroxylation is 1. The van der Waals surface area contributed by atoms with Crippen LogP contribution in [0.2, 0.25) is 0 Å². The van der Waals surface area contributed by atoms with Crippen LogP contribution in [0.4, 0.5) is 5.69 Å². The van der Waals surface area contributed by atoms with Crippen molar-refractivity contribution in [2.75, 3.05) is 18.8 Å². The van der Waals surface area contributed by atoms with Gasteiger partial charge >= 0.3 is 0 Å². The number of nitrogens with two attached hydrogens (primary N) is 2. The first kappa shape index (κ1) is 15.1. The van der Waals surface area contributed by atoms with E-state index in [9.17, 15) is 4.79 Å². The average Bonchev–Trinajstić information content (AvgIpc) is 2.83. The fraction of sp³-hybridized carbons (Fsp3) is 0.333. The third-order valence-electron chi connectivity index (χ3n) is 3.34. The number of imidazole rings is 1. The molecule has 1 aromatic carbocycles. The quantitative estimate of drug-likeness (QED) is 0.727. The van der Waals surface area contributed by atoms with Gasteiger partial charge < -0.3 is 16.0 Å². The fourth-order valence-electron chi connectivity index (χ4n) is 2.21. The number of primary amides is 1. The van der Waals surface area contributed by atoms with Crippen molar-refractivity contribution in [1.29, 1.82) is 0 Å². The molecule has 0 radical (unpaired) electrons. The maximum Gasteiger partial charge on any atom is 0.231 e. The molecule has 21 heavy (non-hydrogen) atoms. The molecule has 1 amide bonds. The van der Waals surface area contributed by atoms with E-state index in [4.69, 9.17) is 11.5 Å². The monoisotopic (exact) mass is 287 g/mol. The lowest BCUT2D eigenvalue weighted by Gasteiger charge is -2.20. The summed E-state index contributed by atoms with van der Waals surface area (Å²) in [6.45, 7) is 1.61. The average molecular weight is 287 g/mol. The van der Waals surface area contributed by atoms with Crippen molar-refractivity contribution in [2.24, 2.45) is 12.8 Å². The summed E-state index contributed by atoms with van der Waals surface area (Å²) in [6, 6.07) is 7.64. The number of anilines is 1. The highest BCUT2D eigenvalue weighted by molar-refractivity contribution is 5.75. The summed E-state index contributed by atoms with van der Waals surface area (Å²) in [7, 11) is 1.96. The molecule has 6 heteroatoms. The molecule has 2 aromatic rings. The number of carbonyl (C=O) groups excluding carboxylic acids is 1. The zero-order valence-corrected chi connectivity index (χ0v) is 12.2. The molecule has 1 aromatic heterocycles. The summed E-state index contributed by atoms with van der Waals surface area (Å²) < 4.78 is 1.98. The summed E-state index contributed by atoms with van der Waals surface area (Å²) in [5.41, 5.74) is 12.8. The number of hydrogen-bond donors (Lipinski definition) is 2. The molecule has 0 bridgehead atoms. The van der Waals surface area contributed by atoms with E-state index in [-0.39, 0.29) is 12.5 Å². The van der Waals surface area contributed by atoms with Gasteiger partial charge in [-0.25, -0.2) is 4.98 Å². The molecule has 0 saturated heterocycles. The molecule has 0 spiro atoms. The largest absolute Gasteiger partial charge is 0.399 e. The first-order valence-electron chi connectivity index (χ1n) is 6.86. The molecule has 6 nitrogen and oxygen atoms in total. The number of rotatable bonds is 7. The van der Waals surface area contributed by atoms with E-state index < -0.39 is 0 Å². The van der Waals surface area contributed by atoms with E-state index >= 15 is 0 Å². The van der Waals surface area contributed by atoms with Crippen LogP contribution < -0.4 is 11.5 Å². The van der Waals surface area contributed by atoms with Gasteiger partial charge in [-0.15, -0.1) is 0 Å². The van der Waals surface area contributed by atoms with Crippen LogP contribution >= 0.6 is 0 Å². The van der Waals surface area contributed by atoms with Gasteiger partial charge in [0, 0.05) is 44.6 Å². The van der Waals surface area contributed by atoms with Crippen LogP contribution in [0.25, 0.3) is 0 Å². The Bertz CT molecular complexity index is 590. The van der Waals surface area contributed by atoms with Crippen LogP contribution in [0.15, 0.2) is 36.7 Å². The van der Waals surface area contributed by atoms with Crippen LogP contribution in [0.1, 0.15) is 11.4 Å². The van der Waals surface area contributed by atoms with Crippen molar-refractivity contribution in [3.63, 3.8) is 0 Å². The highest BCUT2D eigenvalue weighted by Crippen LogP contribution is 2.09. The normalized spacial score (nSPS) is 11.0. The van der Waals surface area contributed by atoms with Crippen molar-refractivity contribution in [3.05, 3.63) is 48.0 Å². The van der Waals surface area contributed by atoms with E-state index in [1.54, 1.807) is 6.20 Å². The van der Waals surface area contributed by atoms with Crippen LogP contribution in [-0.4, -0.2) is 33.4 Å². The minimum Gasteiger partial charge on any atom is -0.399 e. The third kappa shape index (κ3) is 4.61. The molecule has 2 rings (SSSR count). The van der Waals surface area contributed by atoms with E-state index in [0.717, 1.165) is 30.0 Å². The minimum atomic E-state index is -0.328. The number of carbonyl (C=O) groups is 1. The minimum absolute atomic E-state index is 0.231. The summed E-state index contributed by atoms with van der Waals surface area (Å²) in [6.07, 6.45) is 4.45. The zero-order valence-electron chi connectivity index (χ0n) is 12.2. The second kappa shape index (κ2) is 6.90. The van der Waals surface area contributed by atoms with E-state index in [2.05, 4.69) is 4.98 Å². The summed E-state index contributed by atoms with van der Waals surface area (Å²) in [4.78, 5) is 17.5. The Morgan fingerprint density at radius 1 is 1.33 bits per heavy atom. The van der Waals surface area contributed by atoms with Crippen molar-refractivity contribution >= 4 is 11.6 Å². The predicted molar refractivity (Wildman–Crippen MR) is 82.2 cm³/mol. The van der Waals surface area contributed by atoms with Gasteiger partial charge in [0.05, 0.1) is 6.54 Å². The Morgan fingerprint density at radius 3 is 2.62 bits per heavy atom. The number of aromatic nitrogens is 2. The van der Waals surface area contributed by atoms with Crippen molar-refractivity contribution in [2.45, 2.75) is 13.0 Å². The lowest BCUT2D eigenvalue weighted by atomic mass is 10.2. The molecule has 0 aliphatic carbocycles. The molecule has 0 saturated carbocycles. The summed E-state index contributed by atoms with van der Waals surface area (Å²) in [5.74, 6) is 0.659. The zero-order chi connectivity index (χ0) is 15.2. The summed E-state index contributed by atoms with van der Waals surface area (Å²) >= 11 is 0. The molecule has 0 unspecified atom stereocenters. The van der Waals surface area contributed by atoms with E-state index in [1.165, 1.54) is 0 Å². The Morgan fingerprint density at radius 2 is 2.05 bits per heavy atom. The lowest BCUT2D eigenvalue weighted by molar-refractivity contribution is -0.119. The number of hydrogen-bond acceptors (Lipinski definition) is 4. The van der Waals surface area contributed by atoms with E-state index in [0.29, 0.717) is 6.54 Å². The van der Waals surface area contributed by atoms with Crippen molar-refractivity contribution in [3.8, 4) is 0 Å². The summed E-state index contributed by atoms with van der Waals surface area (Å²) in [5, 5.41) is 0. The van der Waals surface area contributed by atoms with E-state index in [1.807, 2.05) is 47.0 Å². The fourth-order valence-corrected chi connectivity index (χ4v) is 2.21. The Hall–Kier alpha value is -2.34. The molecule has 1 heterocycles. The maximum atomic E-state index is 11.2. The SMILES string of the molecule is Cn1ccnc1CCN(CC(N)=O)Cc1ccc(N)cc1. The van der Waals surface area contributed by atoms with Gasteiger partial charge in [0.25, 0.3) is 0 Å². The first-order chi connectivity index (χ1) is 10.0.